The van der Waals surface area contributed by atoms with Crippen LogP contribution in [0.3, 0.4) is 0 Å². The molecule has 13 aromatic rings. The van der Waals surface area contributed by atoms with Crippen LogP contribution in [0.1, 0.15) is 62.8 Å². The third kappa shape index (κ3) is 7.07. The van der Waals surface area contributed by atoms with Crippen molar-refractivity contribution in [1.82, 2.24) is 0 Å². The number of anilines is 5. The number of fused-ring (bicyclic) bond motifs is 8. The maximum atomic E-state index is 2.54. The largest absolute Gasteiger partial charge is 0.310 e. The first-order valence-corrected chi connectivity index (χ1v) is 29.2. The smallest absolute Gasteiger partial charge is 0.0618 e. The van der Waals surface area contributed by atoms with Gasteiger partial charge in [0, 0.05) is 55.1 Å². The summed E-state index contributed by atoms with van der Waals surface area (Å²) in [7, 11) is 0. The Bertz CT molecular complexity index is 4700. The molecule has 0 radical (unpaired) electrons. The molecule has 0 bridgehead atoms. The molecule has 3 aliphatic carbocycles. The number of hydrogen-bond donors (Lipinski definition) is 0. The third-order valence-corrected chi connectivity index (χ3v) is 18.6. The van der Waals surface area contributed by atoms with Crippen molar-refractivity contribution in [3.05, 3.63) is 295 Å². The normalized spacial score (nSPS) is 14.5. The lowest BCUT2D eigenvalue weighted by Gasteiger charge is -2.41. The fourth-order valence-electron chi connectivity index (χ4n) is 14.8. The Kier molecular flexibility index (Phi) is 10.8. The molecule has 0 unspecified atom stereocenters. The van der Waals surface area contributed by atoms with Crippen molar-refractivity contribution in [2.75, 3.05) is 9.80 Å². The molecule has 0 amide bonds. The van der Waals surface area contributed by atoms with E-state index in [4.69, 9.17) is 0 Å². The second-order valence-electron chi connectivity index (χ2n) is 23.8. The molecule has 0 fully saturated rings. The average Bonchev–Trinajstić information content (AvgIpc) is 2.21. The molecule has 0 saturated heterocycles. The van der Waals surface area contributed by atoms with E-state index in [9.17, 15) is 0 Å². The molecule has 0 aliphatic heterocycles. The van der Waals surface area contributed by atoms with E-state index in [1.807, 2.05) is 0 Å². The van der Waals surface area contributed by atoms with Crippen LogP contribution in [-0.4, -0.2) is 0 Å². The summed E-state index contributed by atoms with van der Waals surface area (Å²) in [5, 5.41) is 12.7. The van der Waals surface area contributed by atoms with E-state index in [1.165, 1.54) is 138 Å². The molecular formula is C80H60N2. The second kappa shape index (κ2) is 18.4. The van der Waals surface area contributed by atoms with Gasteiger partial charge in [-0.1, -0.05) is 240 Å². The van der Waals surface area contributed by atoms with Gasteiger partial charge in [0.2, 0.25) is 0 Å². The first-order valence-electron chi connectivity index (χ1n) is 29.2. The lowest BCUT2D eigenvalue weighted by Crippen LogP contribution is -2.28. The van der Waals surface area contributed by atoms with E-state index < -0.39 is 0 Å². The van der Waals surface area contributed by atoms with Crippen LogP contribution in [0.4, 0.5) is 28.4 Å². The number of para-hydroxylation sites is 3. The first-order chi connectivity index (χ1) is 40.3. The minimum atomic E-state index is -0.291. The van der Waals surface area contributed by atoms with Crippen molar-refractivity contribution in [3.63, 3.8) is 0 Å². The van der Waals surface area contributed by atoms with E-state index in [0.717, 1.165) is 29.9 Å². The predicted molar refractivity (Wildman–Crippen MR) is 350 cm³/mol. The van der Waals surface area contributed by atoms with Crippen LogP contribution < -0.4 is 9.80 Å². The van der Waals surface area contributed by atoms with Crippen LogP contribution in [0.2, 0.25) is 0 Å². The highest BCUT2D eigenvalue weighted by atomic mass is 15.2. The molecule has 0 heterocycles. The van der Waals surface area contributed by atoms with Crippen molar-refractivity contribution >= 4 is 82.3 Å². The molecule has 16 rings (SSSR count). The quantitative estimate of drug-likeness (QED) is 0.140. The second-order valence-corrected chi connectivity index (χ2v) is 23.8. The molecule has 13 aromatic carbocycles. The van der Waals surface area contributed by atoms with Gasteiger partial charge in [-0.05, 0) is 167 Å². The molecule has 3 aliphatic rings. The molecule has 0 N–H and O–H groups in total. The number of hydrogen-bond acceptors (Lipinski definition) is 2. The topological polar surface area (TPSA) is 6.48 Å². The number of nitrogens with zero attached hydrogens (tertiary/aromatic N) is 2. The Morgan fingerprint density at radius 1 is 0.305 bits per heavy atom. The van der Waals surface area contributed by atoms with Crippen molar-refractivity contribution in [2.24, 2.45) is 0 Å². The lowest BCUT2D eigenvalue weighted by atomic mass is 9.62. The molecule has 0 atom stereocenters. The van der Waals surface area contributed by atoms with Gasteiger partial charge >= 0.3 is 0 Å². The van der Waals surface area contributed by atoms with Gasteiger partial charge in [-0.3, -0.25) is 0 Å². The van der Waals surface area contributed by atoms with Crippen molar-refractivity contribution in [2.45, 2.75) is 51.4 Å². The minimum Gasteiger partial charge on any atom is -0.310 e. The molecular weight excluding hydrogens is 989 g/mol. The number of benzene rings is 13. The van der Waals surface area contributed by atoms with Crippen molar-refractivity contribution < 1.29 is 0 Å². The monoisotopic (exact) mass is 1050 g/mol. The van der Waals surface area contributed by atoms with Crippen LogP contribution in [0, 0.1) is 0 Å². The summed E-state index contributed by atoms with van der Waals surface area (Å²) < 4.78 is 0. The highest BCUT2D eigenvalue weighted by Crippen LogP contribution is 2.58. The van der Waals surface area contributed by atoms with Gasteiger partial charge in [-0.2, -0.15) is 0 Å². The Morgan fingerprint density at radius 3 is 1.02 bits per heavy atom. The van der Waals surface area contributed by atoms with Gasteiger partial charge in [-0.25, -0.2) is 0 Å². The van der Waals surface area contributed by atoms with E-state index in [2.05, 4.69) is 304 Å². The van der Waals surface area contributed by atoms with Crippen LogP contribution in [0.5, 0.6) is 0 Å². The molecule has 0 spiro atoms. The van der Waals surface area contributed by atoms with Crippen LogP contribution >= 0.6 is 0 Å². The maximum Gasteiger partial charge on any atom is 0.0618 e. The van der Waals surface area contributed by atoms with Crippen LogP contribution in [0.15, 0.2) is 273 Å². The first kappa shape index (κ1) is 48.2. The summed E-state index contributed by atoms with van der Waals surface area (Å²) in [6, 6.07) is 93.4. The molecule has 2 heteroatoms. The van der Waals surface area contributed by atoms with Crippen LogP contribution in [0.25, 0.3) is 98.4 Å². The predicted octanol–water partition coefficient (Wildman–Crippen LogP) is 22.2. The Hall–Kier alpha value is -9.76. The SMILES string of the molecule is CC1(C)c2cc(-c3c4ccccc4c(N(C4=CCCC=C4)c4ccccc4)c4ccccc34)ccc2-c2ccc3c4c(ccc1c24)C(C)(C)c1cc(-c2c4ccccc4c(N(c4ccccc4)c4ccccc4)c4ccccc24)ccc1-3. The standard InChI is InChI=1S/C80H60N2/c1-79(2)69-47-48-70-76-64(58-44-42-52(50-72(58)80(70,3)4)74-61-35-19-23-39-67(61)78(68-40-24-20-36-62(68)74)82(55-29-13-7-14-30-55)56-31-15-8-16-32-56)46-45-63(75(69)76)57-43-41-51(49-71(57)79)73-59-33-17-21-37-65(59)77(66-38-22-18-34-60(66)73)81(53-25-9-5-10-26-53)54-27-11-6-12-28-54/h5-7,9-15,17-50H,8,16H2,1-4H3. The van der Waals surface area contributed by atoms with E-state index in [1.54, 1.807) is 0 Å². The lowest BCUT2D eigenvalue weighted by molar-refractivity contribution is 0.633. The summed E-state index contributed by atoms with van der Waals surface area (Å²) in [6.45, 7) is 9.82. The summed E-state index contributed by atoms with van der Waals surface area (Å²) in [6.07, 6.45) is 9.11. The Morgan fingerprint density at radius 2 is 0.646 bits per heavy atom. The van der Waals surface area contributed by atoms with Gasteiger partial charge in [0.05, 0.1) is 11.4 Å². The Balaban J connectivity index is 0.851. The highest BCUT2D eigenvalue weighted by molar-refractivity contribution is 6.24. The van der Waals surface area contributed by atoms with Crippen molar-refractivity contribution in [3.8, 4) is 44.5 Å². The van der Waals surface area contributed by atoms with E-state index in [0.29, 0.717) is 0 Å². The van der Waals surface area contributed by atoms with Crippen LogP contribution in [-0.2, 0) is 10.8 Å². The summed E-state index contributed by atoms with van der Waals surface area (Å²) in [5.41, 5.74) is 22.3. The highest BCUT2D eigenvalue weighted by Gasteiger charge is 2.40. The molecule has 2 nitrogen and oxygen atoms in total. The zero-order valence-corrected chi connectivity index (χ0v) is 46.7. The summed E-state index contributed by atoms with van der Waals surface area (Å²) in [4.78, 5) is 4.93. The third-order valence-electron chi connectivity index (χ3n) is 18.6. The fraction of sp³-hybridized carbons (Fsp3) is 0.100. The molecule has 82 heavy (non-hydrogen) atoms. The van der Waals surface area contributed by atoms with E-state index in [-0.39, 0.29) is 10.8 Å². The van der Waals surface area contributed by atoms with E-state index >= 15 is 0 Å². The average molecular weight is 1050 g/mol. The summed E-state index contributed by atoms with van der Waals surface area (Å²) >= 11 is 0. The maximum absolute atomic E-state index is 2.54. The minimum absolute atomic E-state index is 0.288. The van der Waals surface area contributed by atoms with Gasteiger partial charge in [0.15, 0.2) is 0 Å². The number of allylic oxidation sites excluding steroid dienone is 3. The van der Waals surface area contributed by atoms with Gasteiger partial charge < -0.3 is 9.80 Å². The molecule has 0 saturated carbocycles. The van der Waals surface area contributed by atoms with Gasteiger partial charge in [0.25, 0.3) is 0 Å². The zero-order valence-electron chi connectivity index (χ0n) is 46.7. The molecule has 0 aromatic heterocycles. The summed E-state index contributed by atoms with van der Waals surface area (Å²) in [5.74, 6) is 0. The van der Waals surface area contributed by atoms with Crippen molar-refractivity contribution in [1.29, 1.82) is 0 Å². The van der Waals surface area contributed by atoms with Gasteiger partial charge in [-0.15, -0.1) is 0 Å². The zero-order chi connectivity index (χ0) is 54.8. The Labute approximate surface area is 480 Å². The fourth-order valence-corrected chi connectivity index (χ4v) is 14.8. The van der Waals surface area contributed by atoms with Gasteiger partial charge in [0.1, 0.15) is 0 Å². The molecule has 390 valence electrons. The number of rotatable bonds is 8.